The van der Waals surface area contributed by atoms with E-state index < -0.39 is 0 Å². The Morgan fingerprint density at radius 2 is 2.05 bits per heavy atom. The van der Waals surface area contributed by atoms with E-state index in [9.17, 15) is 0 Å². The molecule has 22 heavy (non-hydrogen) atoms. The second-order valence-electron chi connectivity index (χ2n) is 4.74. The van der Waals surface area contributed by atoms with Crippen molar-refractivity contribution in [3.63, 3.8) is 0 Å². The first-order valence-electron chi connectivity index (χ1n) is 7.04. The minimum atomic E-state index is 0.743. The average Bonchev–Trinajstić information content (AvgIpc) is 3.10. The molecule has 0 spiro atoms. The van der Waals surface area contributed by atoms with Crippen molar-refractivity contribution in [2.24, 2.45) is 0 Å². The molecular weight excluding hydrogens is 278 g/mol. The van der Waals surface area contributed by atoms with Crippen molar-refractivity contribution in [1.29, 1.82) is 0 Å². The number of benzene rings is 1. The lowest BCUT2D eigenvalue weighted by Crippen LogP contribution is -2.08. The van der Waals surface area contributed by atoms with Crippen LogP contribution in [0.1, 0.15) is 5.56 Å². The zero-order valence-corrected chi connectivity index (χ0v) is 12.3. The summed E-state index contributed by atoms with van der Waals surface area (Å²) in [5, 5.41) is 7.46. The summed E-state index contributed by atoms with van der Waals surface area (Å²) < 4.78 is 6.86. The molecule has 0 saturated heterocycles. The monoisotopic (exact) mass is 295 g/mol. The van der Waals surface area contributed by atoms with Crippen molar-refractivity contribution in [2.45, 2.75) is 6.42 Å². The van der Waals surface area contributed by atoms with Gasteiger partial charge in [-0.2, -0.15) is 5.10 Å². The normalized spacial score (nSPS) is 10.4. The molecule has 6 heteroatoms. The summed E-state index contributed by atoms with van der Waals surface area (Å²) >= 11 is 0. The van der Waals surface area contributed by atoms with E-state index >= 15 is 0 Å². The Morgan fingerprint density at radius 1 is 1.18 bits per heavy atom. The van der Waals surface area contributed by atoms with Crippen LogP contribution in [0.2, 0.25) is 0 Å². The van der Waals surface area contributed by atoms with Crippen molar-refractivity contribution < 1.29 is 4.74 Å². The van der Waals surface area contributed by atoms with Crippen molar-refractivity contribution in [2.75, 3.05) is 19.0 Å². The molecular formula is C16H17N5O. The Hall–Kier alpha value is -2.89. The van der Waals surface area contributed by atoms with Gasteiger partial charge in [0.05, 0.1) is 7.11 Å². The molecule has 0 atom stereocenters. The van der Waals surface area contributed by atoms with Crippen LogP contribution in [0.15, 0.2) is 55.1 Å². The highest BCUT2D eigenvalue weighted by atomic mass is 16.5. The van der Waals surface area contributed by atoms with Gasteiger partial charge in [-0.25, -0.2) is 14.6 Å². The highest BCUT2D eigenvalue weighted by molar-refractivity contribution is 5.40. The number of aromatic nitrogens is 4. The fraction of sp³-hybridized carbons (Fsp3) is 0.188. The summed E-state index contributed by atoms with van der Waals surface area (Å²) in [5.41, 5.74) is 1.25. The Kier molecular flexibility index (Phi) is 4.29. The molecule has 0 saturated carbocycles. The zero-order valence-electron chi connectivity index (χ0n) is 12.3. The van der Waals surface area contributed by atoms with E-state index in [0.29, 0.717) is 0 Å². The third-order valence-corrected chi connectivity index (χ3v) is 3.27. The van der Waals surface area contributed by atoms with Crippen LogP contribution in [0.25, 0.3) is 5.82 Å². The third kappa shape index (κ3) is 3.41. The van der Waals surface area contributed by atoms with Crippen LogP contribution in [0.4, 0.5) is 5.82 Å². The second-order valence-corrected chi connectivity index (χ2v) is 4.74. The van der Waals surface area contributed by atoms with Gasteiger partial charge in [-0.1, -0.05) is 12.1 Å². The number of methoxy groups -OCH3 is 1. The molecule has 1 aromatic carbocycles. The Morgan fingerprint density at radius 3 is 2.77 bits per heavy atom. The quantitative estimate of drug-likeness (QED) is 0.756. The second kappa shape index (κ2) is 6.71. The Labute approximate surface area is 128 Å². The standard InChI is InChI=1S/C16H17N5O/c1-22-14-5-3-13(4-6-14)7-9-17-15-11-16(19-12-18-15)21-10-2-8-20-21/h2-6,8,10-12H,7,9H2,1H3,(H,17,18,19). The molecule has 2 aromatic heterocycles. The molecule has 0 bridgehead atoms. The molecule has 3 aromatic rings. The summed E-state index contributed by atoms with van der Waals surface area (Å²) in [4.78, 5) is 8.43. The topological polar surface area (TPSA) is 64.9 Å². The molecule has 0 aliphatic rings. The smallest absolute Gasteiger partial charge is 0.158 e. The van der Waals surface area contributed by atoms with E-state index in [0.717, 1.165) is 30.4 Å². The van der Waals surface area contributed by atoms with Crippen molar-refractivity contribution in [1.82, 2.24) is 19.7 Å². The highest BCUT2D eigenvalue weighted by Crippen LogP contribution is 2.12. The van der Waals surface area contributed by atoms with Gasteiger partial charge >= 0.3 is 0 Å². The maximum Gasteiger partial charge on any atom is 0.158 e. The maximum absolute atomic E-state index is 5.15. The molecule has 0 aliphatic carbocycles. The van der Waals surface area contributed by atoms with Gasteiger partial charge in [0.25, 0.3) is 0 Å². The first-order chi connectivity index (χ1) is 10.8. The number of hydrogen-bond donors (Lipinski definition) is 1. The van der Waals surface area contributed by atoms with Gasteiger partial charge in [-0.15, -0.1) is 0 Å². The maximum atomic E-state index is 5.15. The molecule has 0 amide bonds. The minimum Gasteiger partial charge on any atom is -0.497 e. The lowest BCUT2D eigenvalue weighted by Gasteiger charge is -2.07. The van der Waals surface area contributed by atoms with Crippen LogP contribution in [-0.2, 0) is 6.42 Å². The van der Waals surface area contributed by atoms with Crippen LogP contribution in [-0.4, -0.2) is 33.4 Å². The van der Waals surface area contributed by atoms with Gasteiger partial charge in [0, 0.05) is 25.0 Å². The molecule has 112 valence electrons. The summed E-state index contributed by atoms with van der Waals surface area (Å²) in [6.45, 7) is 0.794. The molecule has 0 unspecified atom stereocenters. The third-order valence-electron chi connectivity index (χ3n) is 3.27. The van der Waals surface area contributed by atoms with Gasteiger partial charge in [-0.05, 0) is 30.2 Å². The minimum absolute atomic E-state index is 0.743. The molecule has 0 aliphatic heterocycles. The van der Waals surface area contributed by atoms with E-state index in [1.807, 2.05) is 30.5 Å². The van der Waals surface area contributed by atoms with Gasteiger partial charge in [-0.3, -0.25) is 0 Å². The van der Waals surface area contributed by atoms with E-state index in [-0.39, 0.29) is 0 Å². The fourth-order valence-corrected chi connectivity index (χ4v) is 2.10. The first kappa shape index (κ1) is 14.1. The number of anilines is 1. The predicted octanol–water partition coefficient (Wildman–Crippen LogP) is 2.33. The van der Waals surface area contributed by atoms with Gasteiger partial charge in [0.2, 0.25) is 0 Å². The van der Waals surface area contributed by atoms with Gasteiger partial charge in [0.15, 0.2) is 5.82 Å². The Bertz CT molecular complexity index is 710. The van der Waals surface area contributed by atoms with Gasteiger partial charge < -0.3 is 10.1 Å². The average molecular weight is 295 g/mol. The van der Waals surface area contributed by atoms with Crippen LogP contribution in [0.3, 0.4) is 0 Å². The largest absolute Gasteiger partial charge is 0.497 e. The van der Waals surface area contributed by atoms with E-state index in [2.05, 4.69) is 32.5 Å². The highest BCUT2D eigenvalue weighted by Gasteiger charge is 2.01. The first-order valence-corrected chi connectivity index (χ1v) is 7.04. The summed E-state index contributed by atoms with van der Waals surface area (Å²) in [6.07, 6.45) is 6.01. The van der Waals surface area contributed by atoms with Gasteiger partial charge in [0.1, 0.15) is 17.9 Å². The lowest BCUT2D eigenvalue weighted by molar-refractivity contribution is 0.414. The SMILES string of the molecule is COc1ccc(CCNc2cc(-n3cccn3)ncn2)cc1. The number of ether oxygens (including phenoxy) is 1. The fourth-order valence-electron chi connectivity index (χ4n) is 2.10. The van der Waals surface area contributed by atoms with Crippen LogP contribution < -0.4 is 10.1 Å². The predicted molar refractivity (Wildman–Crippen MR) is 84.3 cm³/mol. The summed E-state index contributed by atoms with van der Waals surface area (Å²) in [6, 6.07) is 11.8. The zero-order chi connectivity index (χ0) is 15.2. The van der Waals surface area contributed by atoms with Crippen LogP contribution in [0.5, 0.6) is 5.75 Å². The number of nitrogens with one attached hydrogen (secondary N) is 1. The molecule has 6 nitrogen and oxygen atoms in total. The van der Waals surface area contributed by atoms with Crippen molar-refractivity contribution in [3.05, 3.63) is 60.7 Å². The van der Waals surface area contributed by atoms with E-state index in [1.165, 1.54) is 11.9 Å². The van der Waals surface area contributed by atoms with Crippen LogP contribution in [0, 0.1) is 0 Å². The Balaban J connectivity index is 1.58. The molecule has 1 N–H and O–H groups in total. The summed E-state index contributed by atoms with van der Waals surface area (Å²) in [7, 11) is 1.67. The number of rotatable bonds is 6. The molecule has 0 radical (unpaired) electrons. The van der Waals surface area contributed by atoms with E-state index in [1.54, 1.807) is 18.0 Å². The molecule has 0 fully saturated rings. The molecule has 2 heterocycles. The lowest BCUT2D eigenvalue weighted by atomic mass is 10.1. The number of nitrogens with zero attached hydrogens (tertiary/aromatic N) is 4. The number of hydrogen-bond acceptors (Lipinski definition) is 5. The van der Waals surface area contributed by atoms with Crippen molar-refractivity contribution in [3.8, 4) is 11.6 Å². The van der Waals surface area contributed by atoms with Crippen LogP contribution >= 0.6 is 0 Å². The van der Waals surface area contributed by atoms with E-state index in [4.69, 9.17) is 4.74 Å². The molecule has 3 rings (SSSR count). The van der Waals surface area contributed by atoms with Crippen molar-refractivity contribution >= 4 is 5.82 Å². The summed E-state index contributed by atoms with van der Waals surface area (Å²) in [5.74, 6) is 2.40.